The molecule has 0 spiro atoms. The number of carbonyl (C=O) groups is 3. The average Bonchev–Trinajstić information content (AvgIpc) is 3.06. The van der Waals surface area contributed by atoms with Gasteiger partial charge in [-0.1, -0.05) is 128 Å². The van der Waals surface area contributed by atoms with Crippen molar-refractivity contribution in [1.82, 2.24) is 0 Å². The van der Waals surface area contributed by atoms with Gasteiger partial charge in [-0.25, -0.2) is 4.57 Å². The second kappa shape index (κ2) is 34.4. The standard InChI is InChI=1S/C39H69O9P/c1-3-5-7-8-9-10-11-12-13-14-15-18-22-25-29-33-39(42)48-37(35-47-49(43,44)45)34-46-38(41)32-28-24-21-19-16-17-20-23-27-31-36(40)30-26-6-4-2/h12-13,20,23,27,31,37H,3-11,14-19,21-22,24-26,28-30,32-35H2,1-2H3,(H2,43,44,45)/b13-12-,23-20-,31-27+/t37-/m1/s1. The molecule has 0 aliphatic rings. The highest BCUT2D eigenvalue weighted by molar-refractivity contribution is 7.46. The molecule has 0 saturated heterocycles. The number of phosphoric acid groups is 1. The van der Waals surface area contributed by atoms with Gasteiger partial charge in [0.25, 0.3) is 0 Å². The molecule has 284 valence electrons. The minimum absolute atomic E-state index is 0.173. The van der Waals surface area contributed by atoms with Crippen molar-refractivity contribution in [2.24, 2.45) is 0 Å². The Labute approximate surface area is 298 Å². The number of esters is 2. The van der Waals surface area contributed by atoms with Crippen molar-refractivity contribution in [3.63, 3.8) is 0 Å². The Hall–Kier alpha value is -2.06. The van der Waals surface area contributed by atoms with Gasteiger partial charge in [0.1, 0.15) is 6.61 Å². The zero-order valence-corrected chi connectivity index (χ0v) is 31.7. The third-order valence-electron chi connectivity index (χ3n) is 8.11. The van der Waals surface area contributed by atoms with Crippen LogP contribution >= 0.6 is 7.82 Å². The lowest BCUT2D eigenvalue weighted by Gasteiger charge is -2.18. The van der Waals surface area contributed by atoms with E-state index in [1.807, 2.05) is 12.2 Å². The highest BCUT2D eigenvalue weighted by Crippen LogP contribution is 2.36. The van der Waals surface area contributed by atoms with Gasteiger partial charge in [0.05, 0.1) is 6.61 Å². The predicted octanol–water partition coefficient (Wildman–Crippen LogP) is 10.6. The second-order valence-electron chi connectivity index (χ2n) is 12.9. The lowest BCUT2D eigenvalue weighted by Crippen LogP contribution is -2.29. The van der Waals surface area contributed by atoms with Gasteiger partial charge in [-0.2, -0.15) is 0 Å². The Morgan fingerprint density at radius 2 is 1.04 bits per heavy atom. The molecule has 1 atom stereocenters. The van der Waals surface area contributed by atoms with Crippen LogP contribution in [0, 0.1) is 0 Å². The van der Waals surface area contributed by atoms with Gasteiger partial charge in [0, 0.05) is 19.3 Å². The summed E-state index contributed by atoms with van der Waals surface area (Å²) < 4.78 is 26.3. The van der Waals surface area contributed by atoms with Gasteiger partial charge in [0.15, 0.2) is 11.9 Å². The van der Waals surface area contributed by atoms with Crippen molar-refractivity contribution in [1.29, 1.82) is 0 Å². The molecule has 0 unspecified atom stereocenters. The van der Waals surface area contributed by atoms with Crippen LogP contribution in [0.1, 0.15) is 174 Å². The van der Waals surface area contributed by atoms with E-state index in [-0.39, 0.29) is 25.2 Å². The van der Waals surface area contributed by atoms with Crippen LogP contribution in [-0.4, -0.2) is 46.8 Å². The Morgan fingerprint density at radius 1 is 0.571 bits per heavy atom. The summed E-state index contributed by atoms with van der Waals surface area (Å²) in [5, 5.41) is 0. The van der Waals surface area contributed by atoms with Crippen molar-refractivity contribution >= 4 is 25.5 Å². The number of allylic oxidation sites excluding steroid dienone is 6. The van der Waals surface area contributed by atoms with Gasteiger partial charge in [0.2, 0.25) is 0 Å². The van der Waals surface area contributed by atoms with Crippen molar-refractivity contribution < 1.29 is 42.7 Å². The van der Waals surface area contributed by atoms with E-state index in [1.54, 1.807) is 6.08 Å². The topological polar surface area (TPSA) is 136 Å². The molecule has 0 amide bonds. The Kier molecular flexibility index (Phi) is 32.9. The molecular weight excluding hydrogens is 643 g/mol. The third kappa shape index (κ3) is 37.0. The molecule has 49 heavy (non-hydrogen) atoms. The van der Waals surface area contributed by atoms with Crippen LogP contribution in [0.2, 0.25) is 0 Å². The number of unbranched alkanes of at least 4 members (excludes halogenated alkanes) is 18. The van der Waals surface area contributed by atoms with Crippen LogP contribution in [0.25, 0.3) is 0 Å². The molecule has 0 aromatic rings. The van der Waals surface area contributed by atoms with Crippen molar-refractivity contribution in [3.05, 3.63) is 36.5 Å². The van der Waals surface area contributed by atoms with Crippen LogP contribution in [0.5, 0.6) is 0 Å². The number of rotatable bonds is 35. The van der Waals surface area contributed by atoms with Crippen molar-refractivity contribution in [3.8, 4) is 0 Å². The van der Waals surface area contributed by atoms with E-state index >= 15 is 0 Å². The fourth-order valence-electron chi connectivity index (χ4n) is 5.17. The first-order chi connectivity index (χ1) is 23.7. The fourth-order valence-corrected chi connectivity index (χ4v) is 5.53. The van der Waals surface area contributed by atoms with E-state index in [0.717, 1.165) is 89.9 Å². The highest BCUT2D eigenvalue weighted by Gasteiger charge is 2.22. The first kappa shape index (κ1) is 46.9. The summed E-state index contributed by atoms with van der Waals surface area (Å²) in [6.45, 7) is 3.48. The summed E-state index contributed by atoms with van der Waals surface area (Å²) in [5.41, 5.74) is 0. The number of ether oxygens (including phenoxy) is 2. The van der Waals surface area contributed by atoms with Crippen LogP contribution < -0.4 is 0 Å². The van der Waals surface area contributed by atoms with E-state index in [1.165, 1.54) is 38.5 Å². The highest BCUT2D eigenvalue weighted by atomic mass is 31.2. The molecule has 10 heteroatoms. The maximum atomic E-state index is 12.4. The van der Waals surface area contributed by atoms with E-state index in [4.69, 9.17) is 19.3 Å². The van der Waals surface area contributed by atoms with Crippen LogP contribution in [0.4, 0.5) is 0 Å². The summed E-state index contributed by atoms with van der Waals surface area (Å²) in [6.07, 6.45) is 35.6. The molecule has 0 bridgehead atoms. The first-order valence-corrected chi connectivity index (χ1v) is 20.8. The molecule has 0 aromatic heterocycles. The molecule has 0 aromatic carbocycles. The zero-order chi connectivity index (χ0) is 36.3. The molecule has 2 N–H and O–H groups in total. The summed E-state index contributed by atoms with van der Waals surface area (Å²) in [7, 11) is -4.77. The average molecular weight is 713 g/mol. The Morgan fingerprint density at radius 3 is 1.61 bits per heavy atom. The lowest BCUT2D eigenvalue weighted by atomic mass is 10.1. The van der Waals surface area contributed by atoms with E-state index in [9.17, 15) is 18.9 Å². The molecule has 9 nitrogen and oxygen atoms in total. The van der Waals surface area contributed by atoms with Gasteiger partial charge in [-0.3, -0.25) is 18.9 Å². The maximum Gasteiger partial charge on any atom is 0.469 e. The van der Waals surface area contributed by atoms with Crippen molar-refractivity contribution in [2.45, 2.75) is 180 Å². The normalized spacial score (nSPS) is 12.7. The van der Waals surface area contributed by atoms with E-state index in [0.29, 0.717) is 19.3 Å². The second-order valence-corrected chi connectivity index (χ2v) is 14.2. The van der Waals surface area contributed by atoms with Gasteiger partial charge in [-0.05, 0) is 63.9 Å². The quantitative estimate of drug-likeness (QED) is 0.0164. The summed E-state index contributed by atoms with van der Waals surface area (Å²) >= 11 is 0. The molecular formula is C39H69O9P. The van der Waals surface area contributed by atoms with Gasteiger partial charge < -0.3 is 19.3 Å². The largest absolute Gasteiger partial charge is 0.469 e. The number of ketones is 1. The molecule has 0 aliphatic heterocycles. The van der Waals surface area contributed by atoms with Crippen LogP contribution in [0.3, 0.4) is 0 Å². The summed E-state index contributed by atoms with van der Waals surface area (Å²) in [4.78, 5) is 54.4. The lowest BCUT2D eigenvalue weighted by molar-refractivity contribution is -0.161. The Bertz CT molecular complexity index is 954. The van der Waals surface area contributed by atoms with Crippen molar-refractivity contribution in [2.75, 3.05) is 13.2 Å². The molecule has 0 saturated carbocycles. The molecule has 0 aliphatic carbocycles. The van der Waals surface area contributed by atoms with Gasteiger partial charge >= 0.3 is 19.8 Å². The number of carbonyl (C=O) groups excluding carboxylic acids is 3. The monoisotopic (exact) mass is 712 g/mol. The summed E-state index contributed by atoms with van der Waals surface area (Å²) in [6, 6.07) is 0. The number of hydrogen-bond donors (Lipinski definition) is 2. The zero-order valence-electron chi connectivity index (χ0n) is 30.8. The SMILES string of the molecule is CCCCCCCC/C=C\CCCCCCCC(=O)O[C@H](COC(=O)CCCCCCC/C=C\C=C\C(=O)CCCCC)COP(=O)(O)O. The van der Waals surface area contributed by atoms with E-state index in [2.05, 4.69) is 36.6 Å². The predicted molar refractivity (Wildman–Crippen MR) is 198 cm³/mol. The molecule has 0 fully saturated rings. The minimum Gasteiger partial charge on any atom is -0.462 e. The minimum atomic E-state index is -4.77. The number of phosphoric ester groups is 1. The summed E-state index contributed by atoms with van der Waals surface area (Å²) in [5.74, 6) is -0.783. The van der Waals surface area contributed by atoms with Crippen LogP contribution in [0.15, 0.2) is 36.5 Å². The first-order valence-electron chi connectivity index (χ1n) is 19.2. The fraction of sp³-hybridized carbons (Fsp3) is 0.769. The van der Waals surface area contributed by atoms with Gasteiger partial charge in [-0.15, -0.1) is 0 Å². The molecule has 0 rings (SSSR count). The molecule has 0 radical (unpaired) electrons. The Balaban J connectivity index is 4.04. The molecule has 0 heterocycles. The van der Waals surface area contributed by atoms with Crippen LogP contribution in [-0.2, 0) is 32.9 Å². The number of hydrogen-bond acceptors (Lipinski definition) is 7. The smallest absolute Gasteiger partial charge is 0.462 e. The van der Waals surface area contributed by atoms with E-state index < -0.39 is 32.5 Å². The third-order valence-corrected chi connectivity index (χ3v) is 8.59. The maximum absolute atomic E-state index is 12.4.